The highest BCUT2D eigenvalue weighted by Crippen LogP contribution is 2.13. The minimum atomic E-state index is -0.610. The minimum absolute atomic E-state index is 0.123. The maximum atomic E-state index is 12.0. The van der Waals surface area contributed by atoms with E-state index in [2.05, 4.69) is 0 Å². The van der Waals surface area contributed by atoms with Gasteiger partial charge in [-0.05, 0) is 48.5 Å². The van der Waals surface area contributed by atoms with E-state index in [1.54, 1.807) is 0 Å². The Morgan fingerprint density at radius 1 is 0.679 bits per heavy atom. The van der Waals surface area contributed by atoms with Crippen molar-refractivity contribution < 1.29 is 37.5 Å². The number of carbonyl (C=O) groups excluding carboxylic acids is 4. The summed E-state index contributed by atoms with van der Waals surface area (Å²) < 4.78 is 20.4. The van der Waals surface area contributed by atoms with Gasteiger partial charge in [0.1, 0.15) is 24.7 Å². The lowest BCUT2D eigenvalue weighted by molar-refractivity contribution is 0.0431. The molecule has 0 atom stereocenters. The number of esters is 2. The van der Waals surface area contributed by atoms with E-state index >= 15 is 0 Å². The van der Waals surface area contributed by atoms with Crippen molar-refractivity contribution in [2.75, 3.05) is 0 Å². The molecule has 142 valence electrons. The molecule has 0 aliphatic heterocycles. The van der Waals surface area contributed by atoms with Gasteiger partial charge < -0.3 is 18.3 Å². The average molecular weight is 382 g/mol. The molecule has 0 aliphatic carbocycles. The molecule has 3 rings (SSSR count). The summed E-state index contributed by atoms with van der Waals surface area (Å²) in [5.41, 5.74) is 0.473. The average Bonchev–Trinajstić information content (AvgIpc) is 3.39. The van der Waals surface area contributed by atoms with E-state index in [0.717, 1.165) is 0 Å². The molecule has 0 spiro atoms. The molecule has 0 amide bonds. The normalized spacial score (nSPS) is 10.3. The van der Waals surface area contributed by atoms with Crippen molar-refractivity contribution >= 4 is 24.5 Å². The first-order valence-corrected chi connectivity index (χ1v) is 8.11. The third-order valence-electron chi connectivity index (χ3n) is 3.64. The largest absolute Gasteiger partial charge is 0.455 e. The first-order chi connectivity index (χ1) is 13.6. The zero-order chi connectivity index (χ0) is 19.9. The van der Waals surface area contributed by atoms with Crippen molar-refractivity contribution in [2.24, 2.45) is 0 Å². The number of furan rings is 2. The topological polar surface area (TPSA) is 113 Å². The SMILES string of the molecule is O=Cc1ccc(COC(=O)c2ccc(C(=O)OCc3ccc(C=O)o3)cc2)o1. The van der Waals surface area contributed by atoms with Crippen molar-refractivity contribution in [1.82, 2.24) is 0 Å². The Morgan fingerprint density at radius 3 is 1.39 bits per heavy atom. The van der Waals surface area contributed by atoms with Gasteiger partial charge in [0.2, 0.25) is 0 Å². The Bertz CT molecular complexity index is 912. The predicted molar refractivity (Wildman–Crippen MR) is 92.9 cm³/mol. The van der Waals surface area contributed by atoms with Gasteiger partial charge in [0.15, 0.2) is 24.1 Å². The second-order valence-corrected chi connectivity index (χ2v) is 5.57. The van der Waals surface area contributed by atoms with Gasteiger partial charge >= 0.3 is 11.9 Å². The van der Waals surface area contributed by atoms with Crippen molar-refractivity contribution in [1.29, 1.82) is 0 Å². The van der Waals surface area contributed by atoms with Gasteiger partial charge in [-0.2, -0.15) is 0 Å². The molecule has 8 nitrogen and oxygen atoms in total. The fourth-order valence-electron chi connectivity index (χ4n) is 2.25. The number of aldehydes is 2. The van der Waals surface area contributed by atoms with Crippen LogP contribution in [0.4, 0.5) is 0 Å². The number of benzene rings is 1. The summed E-state index contributed by atoms with van der Waals surface area (Å²) in [6.45, 7) is -0.245. The first kappa shape index (κ1) is 18.8. The van der Waals surface area contributed by atoms with Crippen molar-refractivity contribution in [3.63, 3.8) is 0 Å². The second-order valence-electron chi connectivity index (χ2n) is 5.57. The molecule has 0 saturated carbocycles. The molecule has 1 aromatic carbocycles. The summed E-state index contributed by atoms with van der Waals surface area (Å²) >= 11 is 0. The van der Waals surface area contributed by atoms with Crippen LogP contribution in [0.3, 0.4) is 0 Å². The van der Waals surface area contributed by atoms with Crippen LogP contribution in [-0.2, 0) is 22.7 Å². The van der Waals surface area contributed by atoms with Crippen LogP contribution < -0.4 is 0 Å². The maximum Gasteiger partial charge on any atom is 0.338 e. The summed E-state index contributed by atoms with van der Waals surface area (Å²) in [7, 11) is 0. The molecule has 2 heterocycles. The standard InChI is InChI=1S/C20H14O8/c21-9-15-5-7-17(27-15)11-25-19(23)13-1-2-14(4-3-13)20(24)26-12-18-8-6-16(10-22)28-18/h1-10H,11-12H2. The fraction of sp³-hybridized carbons (Fsp3) is 0.100. The molecule has 0 aliphatic rings. The first-order valence-electron chi connectivity index (χ1n) is 8.11. The fourth-order valence-corrected chi connectivity index (χ4v) is 2.25. The molecule has 0 radical (unpaired) electrons. The smallest absolute Gasteiger partial charge is 0.338 e. The zero-order valence-electron chi connectivity index (χ0n) is 14.5. The highest BCUT2D eigenvalue weighted by Gasteiger charge is 2.13. The van der Waals surface area contributed by atoms with E-state index in [1.165, 1.54) is 48.5 Å². The van der Waals surface area contributed by atoms with E-state index in [9.17, 15) is 19.2 Å². The maximum absolute atomic E-state index is 12.0. The lowest BCUT2D eigenvalue weighted by atomic mass is 10.1. The number of hydrogen-bond donors (Lipinski definition) is 0. The molecule has 0 unspecified atom stereocenters. The van der Waals surface area contributed by atoms with Crippen LogP contribution in [0.5, 0.6) is 0 Å². The van der Waals surface area contributed by atoms with Crippen LogP contribution in [0.25, 0.3) is 0 Å². The minimum Gasteiger partial charge on any atom is -0.455 e. The van der Waals surface area contributed by atoms with Gasteiger partial charge in [-0.25, -0.2) is 9.59 Å². The molecule has 0 fully saturated rings. The molecule has 8 heteroatoms. The van der Waals surface area contributed by atoms with Gasteiger partial charge in [0.05, 0.1) is 11.1 Å². The lowest BCUT2D eigenvalue weighted by Gasteiger charge is -2.05. The van der Waals surface area contributed by atoms with Gasteiger partial charge in [0.25, 0.3) is 0 Å². The molecular formula is C20H14O8. The van der Waals surface area contributed by atoms with E-state index in [1.807, 2.05) is 0 Å². The number of hydrogen-bond acceptors (Lipinski definition) is 8. The Labute approximate surface area is 158 Å². The molecule has 28 heavy (non-hydrogen) atoms. The summed E-state index contributed by atoms with van der Waals surface area (Å²) in [4.78, 5) is 45.2. The van der Waals surface area contributed by atoms with E-state index in [4.69, 9.17) is 18.3 Å². The van der Waals surface area contributed by atoms with Crippen LogP contribution in [0.15, 0.2) is 57.4 Å². The number of carbonyl (C=O) groups is 4. The van der Waals surface area contributed by atoms with Crippen LogP contribution in [0.2, 0.25) is 0 Å². The Kier molecular flexibility index (Phi) is 5.81. The summed E-state index contributed by atoms with van der Waals surface area (Å²) in [6, 6.07) is 11.7. The third-order valence-corrected chi connectivity index (χ3v) is 3.64. The quantitative estimate of drug-likeness (QED) is 0.431. The molecular weight excluding hydrogens is 368 g/mol. The lowest BCUT2D eigenvalue weighted by Crippen LogP contribution is -2.07. The van der Waals surface area contributed by atoms with Gasteiger partial charge in [-0.1, -0.05) is 0 Å². The van der Waals surface area contributed by atoms with Gasteiger partial charge in [-0.15, -0.1) is 0 Å². The van der Waals surface area contributed by atoms with Crippen LogP contribution in [0.1, 0.15) is 53.3 Å². The summed E-state index contributed by atoms with van der Waals surface area (Å²) in [6.07, 6.45) is 1.10. The Balaban J connectivity index is 1.52. The molecule has 0 bridgehead atoms. The van der Waals surface area contributed by atoms with E-state index in [0.29, 0.717) is 24.1 Å². The van der Waals surface area contributed by atoms with E-state index in [-0.39, 0.29) is 35.9 Å². The molecule has 0 saturated heterocycles. The van der Waals surface area contributed by atoms with Crippen LogP contribution >= 0.6 is 0 Å². The summed E-state index contributed by atoms with van der Waals surface area (Å²) in [5, 5.41) is 0. The van der Waals surface area contributed by atoms with Gasteiger partial charge in [-0.3, -0.25) is 9.59 Å². The van der Waals surface area contributed by atoms with Crippen LogP contribution in [-0.4, -0.2) is 24.5 Å². The molecule has 2 aromatic heterocycles. The summed E-state index contributed by atoms with van der Waals surface area (Å²) in [5.74, 6) is -0.254. The number of rotatable bonds is 8. The monoisotopic (exact) mass is 382 g/mol. The third kappa shape index (κ3) is 4.61. The molecule has 0 N–H and O–H groups in total. The van der Waals surface area contributed by atoms with E-state index < -0.39 is 11.9 Å². The van der Waals surface area contributed by atoms with Crippen molar-refractivity contribution in [3.05, 3.63) is 82.7 Å². The highest BCUT2D eigenvalue weighted by atomic mass is 16.5. The van der Waals surface area contributed by atoms with Crippen molar-refractivity contribution in [3.8, 4) is 0 Å². The van der Waals surface area contributed by atoms with Crippen LogP contribution in [0, 0.1) is 0 Å². The Hall–Kier alpha value is -3.94. The van der Waals surface area contributed by atoms with Crippen molar-refractivity contribution in [2.45, 2.75) is 13.2 Å². The Morgan fingerprint density at radius 2 is 1.07 bits per heavy atom. The highest BCUT2D eigenvalue weighted by molar-refractivity contribution is 5.93. The zero-order valence-corrected chi connectivity index (χ0v) is 14.5. The second kappa shape index (κ2) is 8.63. The predicted octanol–water partition coefficient (Wildman–Crippen LogP) is 3.21. The van der Waals surface area contributed by atoms with Gasteiger partial charge in [0, 0.05) is 0 Å². The number of ether oxygens (including phenoxy) is 2. The molecule has 3 aromatic rings.